The molecule has 2 heterocycles. The van der Waals surface area contributed by atoms with Gasteiger partial charge in [-0.3, -0.25) is 4.79 Å². The summed E-state index contributed by atoms with van der Waals surface area (Å²) in [6.07, 6.45) is 6.16. The molecule has 4 fully saturated rings. The van der Waals surface area contributed by atoms with Crippen molar-refractivity contribution in [1.82, 2.24) is 4.90 Å². The van der Waals surface area contributed by atoms with Crippen molar-refractivity contribution in [1.29, 1.82) is 0 Å². The lowest BCUT2D eigenvalue weighted by atomic mass is 9.52. The Labute approximate surface area is 226 Å². The Morgan fingerprint density at radius 3 is 2.23 bits per heavy atom. The van der Waals surface area contributed by atoms with Crippen molar-refractivity contribution < 1.29 is 53.1 Å². The maximum atomic E-state index is 12.6. The molecule has 0 radical (unpaired) electrons. The van der Waals surface area contributed by atoms with E-state index in [4.69, 9.17) is 29.2 Å². The van der Waals surface area contributed by atoms with Crippen molar-refractivity contribution in [3.8, 4) is 0 Å². The number of esters is 3. The minimum Gasteiger partial charge on any atom is -0.478 e. The lowest BCUT2D eigenvalue weighted by Crippen LogP contribution is -2.57. The van der Waals surface area contributed by atoms with E-state index in [1.54, 1.807) is 6.92 Å². The second kappa shape index (κ2) is 12.3. The minimum absolute atomic E-state index is 0.0192. The predicted molar refractivity (Wildman–Crippen MR) is 134 cm³/mol. The summed E-state index contributed by atoms with van der Waals surface area (Å²) in [5.74, 6) is -3.51. The van der Waals surface area contributed by atoms with Gasteiger partial charge in [-0.2, -0.15) is 0 Å². The maximum absolute atomic E-state index is 12.6. The van der Waals surface area contributed by atoms with Crippen LogP contribution in [0.4, 0.5) is 0 Å². The van der Waals surface area contributed by atoms with Gasteiger partial charge in [0.05, 0.1) is 19.1 Å². The van der Waals surface area contributed by atoms with Gasteiger partial charge in [-0.05, 0) is 58.0 Å². The zero-order valence-corrected chi connectivity index (χ0v) is 22.7. The van der Waals surface area contributed by atoms with Crippen molar-refractivity contribution in [3.63, 3.8) is 0 Å². The summed E-state index contributed by atoms with van der Waals surface area (Å²) in [7, 11) is 3.94. The predicted octanol–water partition coefficient (Wildman–Crippen LogP) is 1.43. The molecule has 12 heteroatoms. The van der Waals surface area contributed by atoms with Crippen molar-refractivity contribution in [2.24, 2.45) is 23.2 Å². The highest BCUT2D eigenvalue weighted by atomic mass is 16.6. The fourth-order valence-corrected chi connectivity index (χ4v) is 6.30. The number of hydrogen-bond acceptors (Lipinski definition) is 10. The van der Waals surface area contributed by atoms with Crippen LogP contribution in [0.3, 0.4) is 0 Å². The molecule has 2 saturated heterocycles. The molecule has 4 rings (SSSR count). The standard InChI is InChI=1S/C23H33NO7.C4H4O4/c1-5-28-19(25)6-7-20(26)31-18-8-9-22(2)11-16-14(10-17(22)23(18)13-29-23)15(12-24(3)4)21(27)30-16;5-3(6)1-2-4(7)8/h6-7,14-18H,5,8-13H2,1-4H3;1-2H,(H,5,6)(H,7,8)/b7-6+;2-1+/t14-,15+,16-,17-,18-,22-,23+;/m1./s1. The number of rotatable bonds is 8. The SMILES string of the molecule is CCOC(=O)/C=C/C(=O)O[C@@H]1CC[C@]2(C)C[C@H]3OC(=O)[C@@H](CN(C)C)[C@H]3C[C@H]2[C@@]12CO2.O=C(O)/C=C/C(=O)O. The number of carbonyl (C=O) groups is 5. The topological polar surface area (TPSA) is 169 Å². The van der Waals surface area contributed by atoms with Crippen molar-refractivity contribution in [2.75, 3.05) is 33.9 Å². The number of aliphatic carboxylic acids is 2. The first-order valence-corrected chi connectivity index (χ1v) is 13.0. The average molecular weight is 552 g/mol. The van der Waals surface area contributed by atoms with Crippen LogP contribution in [0.2, 0.25) is 0 Å². The number of ether oxygens (including phenoxy) is 4. The lowest BCUT2D eigenvalue weighted by Gasteiger charge is -2.53. The van der Waals surface area contributed by atoms with E-state index >= 15 is 0 Å². The fraction of sp³-hybridized carbons (Fsp3) is 0.667. The molecular weight excluding hydrogens is 514 g/mol. The molecule has 7 atom stereocenters. The number of fused-ring (bicyclic) bond motifs is 3. The van der Waals surface area contributed by atoms with E-state index < -0.39 is 29.5 Å². The molecule has 12 nitrogen and oxygen atoms in total. The number of carboxylic acid groups (broad SMARTS) is 2. The van der Waals surface area contributed by atoms with E-state index in [0.717, 1.165) is 31.4 Å². The molecule has 2 saturated carbocycles. The molecular formula is C27H37NO11. The van der Waals surface area contributed by atoms with Crippen LogP contribution in [0.25, 0.3) is 0 Å². The van der Waals surface area contributed by atoms with Gasteiger partial charge in [-0.25, -0.2) is 19.2 Å². The summed E-state index contributed by atoms with van der Waals surface area (Å²) < 4.78 is 22.4. The molecule has 0 aromatic rings. The van der Waals surface area contributed by atoms with Crippen molar-refractivity contribution in [2.45, 2.75) is 57.3 Å². The quantitative estimate of drug-likeness (QED) is 0.193. The van der Waals surface area contributed by atoms with E-state index in [-0.39, 0.29) is 48.0 Å². The first kappa shape index (κ1) is 30.3. The molecule has 2 N–H and O–H groups in total. The molecule has 2 aliphatic heterocycles. The Morgan fingerprint density at radius 1 is 1.08 bits per heavy atom. The third-order valence-electron chi connectivity index (χ3n) is 8.00. The van der Waals surface area contributed by atoms with Gasteiger partial charge in [0.2, 0.25) is 0 Å². The highest BCUT2D eigenvalue weighted by Crippen LogP contribution is 2.63. The minimum atomic E-state index is -1.26. The second-order valence-electron chi connectivity index (χ2n) is 11.0. The normalized spacial score (nSPS) is 34.6. The lowest BCUT2D eigenvalue weighted by molar-refractivity contribution is -0.165. The van der Waals surface area contributed by atoms with Gasteiger partial charge in [-0.1, -0.05) is 6.92 Å². The first-order valence-electron chi connectivity index (χ1n) is 13.0. The van der Waals surface area contributed by atoms with Gasteiger partial charge >= 0.3 is 29.8 Å². The van der Waals surface area contributed by atoms with Gasteiger partial charge in [-0.15, -0.1) is 0 Å². The van der Waals surface area contributed by atoms with E-state index in [2.05, 4.69) is 6.92 Å². The highest BCUT2D eigenvalue weighted by molar-refractivity contribution is 5.91. The third-order valence-corrected chi connectivity index (χ3v) is 8.00. The highest BCUT2D eigenvalue weighted by Gasteiger charge is 2.69. The number of carbonyl (C=O) groups excluding carboxylic acids is 3. The Morgan fingerprint density at radius 2 is 1.69 bits per heavy atom. The first-order chi connectivity index (χ1) is 18.3. The van der Waals surface area contributed by atoms with Gasteiger partial charge in [0.15, 0.2) is 0 Å². The maximum Gasteiger partial charge on any atom is 0.331 e. The van der Waals surface area contributed by atoms with E-state index in [1.807, 2.05) is 19.0 Å². The molecule has 0 aromatic carbocycles. The molecule has 0 bridgehead atoms. The van der Waals surface area contributed by atoms with Crippen LogP contribution >= 0.6 is 0 Å². The Balaban J connectivity index is 0.000000459. The fourth-order valence-electron chi connectivity index (χ4n) is 6.30. The zero-order valence-electron chi connectivity index (χ0n) is 22.7. The van der Waals surface area contributed by atoms with Crippen LogP contribution in [0.5, 0.6) is 0 Å². The van der Waals surface area contributed by atoms with Crippen molar-refractivity contribution >= 4 is 29.8 Å². The largest absolute Gasteiger partial charge is 0.478 e. The molecule has 0 unspecified atom stereocenters. The summed E-state index contributed by atoms with van der Waals surface area (Å²) in [5.41, 5.74) is -0.520. The molecule has 0 amide bonds. The molecule has 1 spiro atoms. The van der Waals surface area contributed by atoms with Gasteiger partial charge in [0.25, 0.3) is 0 Å². The molecule has 0 aromatic heterocycles. The molecule has 39 heavy (non-hydrogen) atoms. The van der Waals surface area contributed by atoms with Crippen molar-refractivity contribution in [3.05, 3.63) is 24.3 Å². The number of carboxylic acids is 2. The zero-order chi connectivity index (χ0) is 29.0. The summed E-state index contributed by atoms with van der Waals surface area (Å²) in [6, 6.07) is 0. The summed E-state index contributed by atoms with van der Waals surface area (Å²) in [6.45, 7) is 5.44. The number of nitrogens with zero attached hydrogens (tertiary/aromatic N) is 1. The van der Waals surface area contributed by atoms with Crippen LogP contribution in [-0.2, 0) is 42.9 Å². The average Bonchev–Trinajstić information content (AvgIpc) is 3.58. The van der Waals surface area contributed by atoms with Crippen LogP contribution in [0.15, 0.2) is 24.3 Å². The Kier molecular flexibility index (Phi) is 9.55. The van der Waals surface area contributed by atoms with E-state index in [0.29, 0.717) is 31.7 Å². The molecule has 216 valence electrons. The Hall–Kier alpha value is -3.25. The van der Waals surface area contributed by atoms with Crippen LogP contribution in [-0.4, -0.2) is 96.6 Å². The number of hydrogen-bond donors (Lipinski definition) is 2. The summed E-state index contributed by atoms with van der Waals surface area (Å²) in [5, 5.41) is 15.6. The smallest absolute Gasteiger partial charge is 0.331 e. The molecule has 4 aliphatic rings. The Bertz CT molecular complexity index is 1010. The van der Waals surface area contributed by atoms with E-state index in [1.165, 1.54) is 0 Å². The third kappa shape index (κ3) is 7.24. The van der Waals surface area contributed by atoms with Gasteiger partial charge in [0.1, 0.15) is 17.8 Å². The van der Waals surface area contributed by atoms with Crippen LogP contribution < -0.4 is 0 Å². The summed E-state index contributed by atoms with van der Waals surface area (Å²) in [4.78, 5) is 57.5. The summed E-state index contributed by atoms with van der Waals surface area (Å²) >= 11 is 0. The van der Waals surface area contributed by atoms with Gasteiger partial charge < -0.3 is 34.1 Å². The second-order valence-corrected chi connectivity index (χ2v) is 11.0. The van der Waals surface area contributed by atoms with Crippen LogP contribution in [0, 0.1) is 23.2 Å². The van der Waals surface area contributed by atoms with Gasteiger partial charge in [0, 0.05) is 36.8 Å². The monoisotopic (exact) mass is 551 g/mol. The van der Waals surface area contributed by atoms with Crippen LogP contribution in [0.1, 0.15) is 39.5 Å². The van der Waals surface area contributed by atoms with E-state index in [9.17, 15) is 24.0 Å². The number of epoxide rings is 1. The molecule has 2 aliphatic carbocycles.